The monoisotopic (exact) mass is 277 g/mol. The second-order valence-electron chi connectivity index (χ2n) is 2.12. The highest BCUT2D eigenvalue weighted by Gasteiger charge is 1.90. The van der Waals surface area contributed by atoms with E-state index in [1.54, 1.807) is 6.08 Å². The molecule has 0 saturated heterocycles. The van der Waals surface area contributed by atoms with Crippen molar-refractivity contribution in [2.45, 2.75) is 41.5 Å². The average Bonchev–Trinajstić information content (AvgIpc) is 2.48. The Morgan fingerprint density at radius 3 is 2.00 bits per heavy atom. The number of carbonyl (C=O) groups excluding carboxylic acids is 1. The van der Waals surface area contributed by atoms with Gasteiger partial charge in [-0.15, -0.1) is 0 Å². The van der Waals surface area contributed by atoms with Crippen LogP contribution in [0.3, 0.4) is 0 Å². The topological polar surface area (TPSA) is 38.3 Å². The SMILES string of the molecule is C=CO/C(=C\C)CNC=O.CC.CC.CCSC. The highest BCUT2D eigenvalue weighted by Crippen LogP contribution is 1.93. The Morgan fingerprint density at radius 1 is 1.33 bits per heavy atom. The molecule has 18 heavy (non-hydrogen) atoms. The molecule has 3 nitrogen and oxygen atoms in total. The summed E-state index contributed by atoms with van der Waals surface area (Å²) in [4.78, 5) is 9.81. The largest absolute Gasteiger partial charge is 0.468 e. The molecular weight excluding hydrogens is 246 g/mol. The summed E-state index contributed by atoms with van der Waals surface area (Å²) in [5.74, 6) is 1.92. The second-order valence-corrected chi connectivity index (χ2v) is 3.27. The molecule has 1 N–H and O–H groups in total. The summed E-state index contributed by atoms with van der Waals surface area (Å²) in [6.45, 7) is 15.8. The zero-order chi connectivity index (χ0) is 15.2. The van der Waals surface area contributed by atoms with Crippen molar-refractivity contribution in [3.63, 3.8) is 0 Å². The first-order valence-corrected chi connectivity index (χ1v) is 7.74. The van der Waals surface area contributed by atoms with Crippen LogP contribution in [0.4, 0.5) is 0 Å². The Morgan fingerprint density at radius 2 is 1.78 bits per heavy atom. The smallest absolute Gasteiger partial charge is 0.207 e. The van der Waals surface area contributed by atoms with E-state index in [0.29, 0.717) is 18.7 Å². The van der Waals surface area contributed by atoms with Gasteiger partial charge in [0.05, 0.1) is 12.8 Å². The van der Waals surface area contributed by atoms with Gasteiger partial charge in [0, 0.05) is 0 Å². The van der Waals surface area contributed by atoms with E-state index < -0.39 is 0 Å². The van der Waals surface area contributed by atoms with Gasteiger partial charge in [-0.3, -0.25) is 4.79 Å². The molecule has 0 aliphatic heterocycles. The fourth-order valence-corrected chi connectivity index (χ4v) is 0.461. The molecule has 0 saturated carbocycles. The number of amides is 1. The van der Waals surface area contributed by atoms with E-state index in [-0.39, 0.29) is 0 Å². The number of ether oxygens (including phenoxy) is 1. The lowest BCUT2D eigenvalue weighted by molar-refractivity contribution is -0.109. The van der Waals surface area contributed by atoms with E-state index in [1.165, 1.54) is 12.0 Å². The van der Waals surface area contributed by atoms with Crippen LogP contribution >= 0.6 is 11.8 Å². The third kappa shape index (κ3) is 36.3. The Labute approximate surface area is 118 Å². The molecule has 0 aliphatic carbocycles. The molecule has 1 amide bonds. The third-order valence-corrected chi connectivity index (χ3v) is 1.78. The van der Waals surface area contributed by atoms with Crippen molar-refractivity contribution in [3.8, 4) is 0 Å². The van der Waals surface area contributed by atoms with E-state index in [1.807, 2.05) is 46.4 Å². The number of thioether (sulfide) groups is 1. The van der Waals surface area contributed by atoms with Crippen molar-refractivity contribution in [2.24, 2.45) is 0 Å². The van der Waals surface area contributed by atoms with E-state index in [9.17, 15) is 4.79 Å². The van der Waals surface area contributed by atoms with Gasteiger partial charge < -0.3 is 10.1 Å². The van der Waals surface area contributed by atoms with Gasteiger partial charge in [0.15, 0.2) is 0 Å². The average molecular weight is 277 g/mol. The third-order valence-electron chi connectivity index (χ3n) is 1.20. The number of allylic oxidation sites excluding steroid dienone is 1. The minimum absolute atomic E-state index is 0.409. The van der Waals surface area contributed by atoms with Crippen LogP contribution in [-0.4, -0.2) is 25.0 Å². The number of hydrogen-bond acceptors (Lipinski definition) is 3. The van der Waals surface area contributed by atoms with Gasteiger partial charge in [0.2, 0.25) is 6.41 Å². The first-order valence-electron chi connectivity index (χ1n) is 6.35. The van der Waals surface area contributed by atoms with Crippen LogP contribution in [0.15, 0.2) is 24.7 Å². The Balaban J connectivity index is -0.000000102. The molecule has 0 unspecified atom stereocenters. The second kappa shape index (κ2) is 36.0. The summed E-state index contributed by atoms with van der Waals surface area (Å²) in [5.41, 5.74) is 0. The van der Waals surface area contributed by atoms with Crippen molar-refractivity contribution in [2.75, 3.05) is 18.6 Å². The normalized spacial score (nSPS) is 8.06. The summed E-state index contributed by atoms with van der Waals surface area (Å²) < 4.78 is 4.90. The zero-order valence-corrected chi connectivity index (χ0v) is 13.9. The van der Waals surface area contributed by atoms with Crippen LogP contribution in [-0.2, 0) is 9.53 Å². The van der Waals surface area contributed by atoms with Crippen molar-refractivity contribution >= 4 is 18.2 Å². The lowest BCUT2D eigenvalue weighted by Gasteiger charge is -2.02. The highest BCUT2D eigenvalue weighted by atomic mass is 32.2. The minimum atomic E-state index is 0.409. The fraction of sp³-hybridized carbons (Fsp3) is 0.643. The predicted octanol–water partition coefficient (Wildman–Crippen LogP) is 4.22. The molecule has 0 bridgehead atoms. The molecule has 0 radical (unpaired) electrons. The van der Waals surface area contributed by atoms with Crippen molar-refractivity contribution in [3.05, 3.63) is 24.7 Å². The maximum Gasteiger partial charge on any atom is 0.207 e. The summed E-state index contributed by atoms with van der Waals surface area (Å²) >= 11 is 1.86. The van der Waals surface area contributed by atoms with Crippen LogP contribution < -0.4 is 5.32 Å². The molecule has 0 aromatic carbocycles. The minimum Gasteiger partial charge on any atom is -0.468 e. The van der Waals surface area contributed by atoms with E-state index in [0.717, 1.165) is 0 Å². The molecule has 0 heterocycles. The highest BCUT2D eigenvalue weighted by molar-refractivity contribution is 7.98. The molecule has 4 heteroatoms. The lowest BCUT2D eigenvalue weighted by atomic mass is 10.4. The van der Waals surface area contributed by atoms with Crippen molar-refractivity contribution in [1.29, 1.82) is 0 Å². The lowest BCUT2D eigenvalue weighted by Crippen LogP contribution is -2.14. The summed E-state index contributed by atoms with van der Waals surface area (Å²) in [7, 11) is 0. The van der Waals surface area contributed by atoms with E-state index in [4.69, 9.17) is 4.74 Å². The maximum atomic E-state index is 9.81. The fourth-order valence-electron chi connectivity index (χ4n) is 0.461. The van der Waals surface area contributed by atoms with Gasteiger partial charge in [-0.05, 0) is 25.0 Å². The van der Waals surface area contributed by atoms with Gasteiger partial charge >= 0.3 is 0 Å². The van der Waals surface area contributed by atoms with Crippen molar-refractivity contribution < 1.29 is 9.53 Å². The van der Waals surface area contributed by atoms with Crippen LogP contribution in [0, 0.1) is 0 Å². The quantitative estimate of drug-likeness (QED) is 0.583. The summed E-state index contributed by atoms with van der Waals surface area (Å²) in [6.07, 6.45) is 5.80. The van der Waals surface area contributed by atoms with E-state index in [2.05, 4.69) is 25.1 Å². The van der Waals surface area contributed by atoms with E-state index >= 15 is 0 Å². The van der Waals surface area contributed by atoms with Gasteiger partial charge in [-0.2, -0.15) is 11.8 Å². The molecule has 0 spiro atoms. The number of nitrogens with one attached hydrogen (secondary N) is 1. The molecule has 0 aromatic heterocycles. The molecule has 0 atom stereocenters. The van der Waals surface area contributed by atoms with Crippen LogP contribution in [0.5, 0.6) is 0 Å². The number of hydrogen-bond donors (Lipinski definition) is 1. The number of rotatable bonds is 6. The van der Waals surface area contributed by atoms with Gasteiger partial charge in [0.1, 0.15) is 5.76 Å². The summed E-state index contributed by atoms with van der Waals surface area (Å²) in [6, 6.07) is 0. The maximum absolute atomic E-state index is 9.81. The molecule has 0 aromatic rings. The van der Waals surface area contributed by atoms with Crippen LogP contribution in [0.2, 0.25) is 0 Å². The van der Waals surface area contributed by atoms with Gasteiger partial charge in [-0.1, -0.05) is 41.2 Å². The molecule has 0 aliphatic rings. The van der Waals surface area contributed by atoms with Crippen LogP contribution in [0.1, 0.15) is 41.5 Å². The molecular formula is C14H31NO2S. The molecule has 0 rings (SSSR count). The molecule has 0 fully saturated rings. The summed E-state index contributed by atoms with van der Waals surface area (Å²) in [5, 5.41) is 2.46. The number of carbonyl (C=O) groups is 1. The first-order chi connectivity index (χ1) is 8.76. The Kier molecular flexibility index (Phi) is 51.6. The Bertz CT molecular complexity index is 169. The van der Waals surface area contributed by atoms with Gasteiger partial charge in [-0.25, -0.2) is 0 Å². The van der Waals surface area contributed by atoms with Crippen molar-refractivity contribution in [1.82, 2.24) is 5.32 Å². The zero-order valence-electron chi connectivity index (χ0n) is 13.1. The molecule has 110 valence electrons. The predicted molar refractivity (Wildman–Crippen MR) is 85.9 cm³/mol. The van der Waals surface area contributed by atoms with Crippen LogP contribution in [0.25, 0.3) is 0 Å². The first kappa shape index (κ1) is 25.8. The standard InChI is InChI=1S/C7H11NO2.C3H8S.2C2H6/c1-3-7(10-4-2)5-8-6-9;1-3-4-2;2*1-2/h3-4,6H,2,5H2,1H3,(H,8,9);3H2,1-2H3;2*1-2H3/b7-3-;;;. The Hall–Kier alpha value is -0.900. The van der Waals surface area contributed by atoms with Gasteiger partial charge in [0.25, 0.3) is 0 Å².